The van der Waals surface area contributed by atoms with Crippen LogP contribution in [0.15, 0.2) is 75.9 Å². The van der Waals surface area contributed by atoms with Gasteiger partial charge < -0.3 is 5.32 Å². The lowest BCUT2D eigenvalue weighted by molar-refractivity contribution is -0.113. The largest absolute Gasteiger partial charge is 0.301 e. The van der Waals surface area contributed by atoms with Crippen LogP contribution < -0.4 is 5.32 Å². The maximum atomic E-state index is 12.3. The molecule has 29 heavy (non-hydrogen) atoms. The predicted molar refractivity (Wildman–Crippen MR) is 123 cm³/mol. The van der Waals surface area contributed by atoms with E-state index >= 15 is 0 Å². The number of carbonyl (C=O) groups excluding carboxylic acids is 1. The molecule has 0 aliphatic heterocycles. The fraction of sp³-hybridized carbons (Fsp3) is 0.0952. The van der Waals surface area contributed by atoms with Crippen LogP contribution in [0.3, 0.4) is 0 Å². The molecule has 0 saturated carbocycles. The first kappa shape index (κ1) is 19.9. The van der Waals surface area contributed by atoms with E-state index in [1.165, 1.54) is 28.7 Å². The van der Waals surface area contributed by atoms with Crippen LogP contribution in [-0.4, -0.2) is 26.2 Å². The van der Waals surface area contributed by atoms with Crippen molar-refractivity contribution in [1.82, 2.24) is 14.5 Å². The third kappa shape index (κ3) is 4.77. The van der Waals surface area contributed by atoms with Crippen LogP contribution in [0.5, 0.6) is 0 Å². The molecule has 0 atom stereocenters. The van der Waals surface area contributed by atoms with E-state index in [-0.39, 0.29) is 11.7 Å². The van der Waals surface area contributed by atoms with Crippen LogP contribution in [0.25, 0.3) is 16.9 Å². The number of hydrogen-bond donors (Lipinski definition) is 1. The van der Waals surface area contributed by atoms with Gasteiger partial charge >= 0.3 is 0 Å². The van der Waals surface area contributed by atoms with Crippen molar-refractivity contribution in [1.29, 1.82) is 0 Å². The monoisotopic (exact) mass is 484 g/mol. The number of thiazole rings is 1. The van der Waals surface area contributed by atoms with Crippen molar-refractivity contribution in [3.8, 4) is 16.9 Å². The first-order chi connectivity index (χ1) is 14.1. The first-order valence-electron chi connectivity index (χ1n) is 8.83. The van der Waals surface area contributed by atoms with Crippen LogP contribution in [-0.2, 0) is 4.79 Å². The van der Waals surface area contributed by atoms with Crippen LogP contribution in [0, 0.1) is 6.92 Å². The summed E-state index contributed by atoms with van der Waals surface area (Å²) in [6, 6.07) is 16.4. The molecule has 146 valence electrons. The number of imidazole rings is 1. The van der Waals surface area contributed by atoms with Crippen molar-refractivity contribution in [2.75, 3.05) is 11.1 Å². The van der Waals surface area contributed by atoms with Crippen LogP contribution >= 0.6 is 39.0 Å². The summed E-state index contributed by atoms with van der Waals surface area (Å²) in [5.41, 5.74) is 4.23. The molecular weight excluding hydrogens is 468 g/mol. The van der Waals surface area contributed by atoms with E-state index in [9.17, 15) is 4.79 Å². The number of aryl methyl sites for hydroxylation is 1. The van der Waals surface area contributed by atoms with E-state index < -0.39 is 0 Å². The molecule has 0 fully saturated rings. The molecule has 8 heteroatoms. The molecule has 0 bridgehead atoms. The molecule has 5 nitrogen and oxygen atoms in total. The highest BCUT2D eigenvalue weighted by Crippen LogP contribution is 2.31. The molecule has 0 radical (unpaired) electrons. The van der Waals surface area contributed by atoms with Gasteiger partial charge in [-0.05, 0) is 31.2 Å². The molecule has 0 saturated heterocycles. The van der Waals surface area contributed by atoms with E-state index in [4.69, 9.17) is 0 Å². The number of nitrogens with zero attached hydrogens (tertiary/aromatic N) is 3. The lowest BCUT2D eigenvalue weighted by atomic mass is 10.1. The zero-order valence-corrected chi connectivity index (χ0v) is 18.7. The second-order valence-corrected chi connectivity index (χ2v) is 9.03. The molecule has 0 aliphatic carbocycles. The summed E-state index contributed by atoms with van der Waals surface area (Å²) in [6.45, 7) is 2.06. The lowest BCUT2D eigenvalue weighted by Crippen LogP contribution is -2.14. The summed E-state index contributed by atoms with van der Waals surface area (Å²) < 4.78 is 3.11. The minimum absolute atomic E-state index is 0.103. The van der Waals surface area contributed by atoms with Gasteiger partial charge in [0.25, 0.3) is 0 Å². The topological polar surface area (TPSA) is 59.8 Å². The second kappa shape index (κ2) is 8.94. The summed E-state index contributed by atoms with van der Waals surface area (Å²) in [5.74, 6) is 0.149. The highest BCUT2D eigenvalue weighted by molar-refractivity contribution is 9.10. The minimum atomic E-state index is -0.103. The van der Waals surface area contributed by atoms with Crippen molar-refractivity contribution in [3.05, 3.63) is 76.3 Å². The van der Waals surface area contributed by atoms with E-state index in [1.807, 2.05) is 23.7 Å². The van der Waals surface area contributed by atoms with E-state index in [0.29, 0.717) is 5.13 Å². The van der Waals surface area contributed by atoms with E-state index in [1.54, 1.807) is 6.20 Å². The summed E-state index contributed by atoms with van der Waals surface area (Å²) in [6.07, 6.45) is 3.52. The number of benzene rings is 2. The second-order valence-electron chi connectivity index (χ2n) is 6.28. The maximum absolute atomic E-state index is 12.3. The zero-order valence-electron chi connectivity index (χ0n) is 15.5. The average Bonchev–Trinajstić information content (AvgIpc) is 3.37. The van der Waals surface area contributed by atoms with Crippen molar-refractivity contribution < 1.29 is 4.79 Å². The number of carbonyl (C=O) groups is 1. The standard InChI is InChI=1S/C21H17BrN4OS2/c1-14-2-8-17(9-3-14)26-18(15-4-6-16(22)7-5-15)12-24-21(26)29-13-19(27)25-20-23-10-11-28-20/h2-12H,13H2,1H3,(H,23,25,27). The molecule has 2 heterocycles. The molecule has 0 aliphatic rings. The summed E-state index contributed by atoms with van der Waals surface area (Å²) in [5, 5.41) is 6.01. The predicted octanol–water partition coefficient (Wildman–Crippen LogP) is 5.80. The van der Waals surface area contributed by atoms with Gasteiger partial charge in [-0.3, -0.25) is 9.36 Å². The zero-order chi connectivity index (χ0) is 20.2. The minimum Gasteiger partial charge on any atom is -0.301 e. The summed E-state index contributed by atoms with van der Waals surface area (Å²) in [4.78, 5) is 21.0. The molecule has 1 N–H and O–H groups in total. The SMILES string of the molecule is Cc1ccc(-n2c(-c3ccc(Br)cc3)cnc2SCC(=O)Nc2nccs2)cc1. The quantitative estimate of drug-likeness (QED) is 0.351. The van der Waals surface area contributed by atoms with Crippen molar-refractivity contribution >= 4 is 50.1 Å². The highest BCUT2D eigenvalue weighted by atomic mass is 79.9. The van der Waals surface area contributed by atoms with Gasteiger partial charge in [0, 0.05) is 27.3 Å². The lowest BCUT2D eigenvalue weighted by Gasteiger charge is -2.12. The fourth-order valence-electron chi connectivity index (χ4n) is 2.77. The number of aromatic nitrogens is 3. The molecule has 4 rings (SSSR count). The average molecular weight is 485 g/mol. The van der Waals surface area contributed by atoms with Crippen molar-refractivity contribution in [2.24, 2.45) is 0 Å². The first-order valence-corrected chi connectivity index (χ1v) is 11.5. The molecule has 0 unspecified atom stereocenters. The maximum Gasteiger partial charge on any atom is 0.236 e. The van der Waals surface area contributed by atoms with E-state index in [2.05, 4.69) is 79.1 Å². The molecule has 2 aromatic heterocycles. The number of amides is 1. The Labute approximate surface area is 185 Å². The van der Waals surface area contributed by atoms with Gasteiger partial charge in [0.15, 0.2) is 10.3 Å². The number of nitrogens with one attached hydrogen (secondary N) is 1. The van der Waals surface area contributed by atoms with Gasteiger partial charge in [-0.2, -0.15) is 0 Å². The summed E-state index contributed by atoms with van der Waals surface area (Å²) in [7, 11) is 0. The Morgan fingerprint density at radius 1 is 1.14 bits per heavy atom. The fourth-order valence-corrected chi connectivity index (χ4v) is 4.38. The van der Waals surface area contributed by atoms with Crippen LogP contribution in [0.1, 0.15) is 5.56 Å². The molecule has 4 aromatic rings. The number of anilines is 1. The number of hydrogen-bond acceptors (Lipinski definition) is 5. The molecular formula is C21H17BrN4OS2. The molecule has 1 amide bonds. The highest BCUT2D eigenvalue weighted by Gasteiger charge is 2.16. The van der Waals surface area contributed by atoms with E-state index in [0.717, 1.165) is 26.6 Å². The van der Waals surface area contributed by atoms with Gasteiger partial charge in [0.05, 0.1) is 17.6 Å². The van der Waals surface area contributed by atoms with Gasteiger partial charge in [0.1, 0.15) is 0 Å². The van der Waals surface area contributed by atoms with Gasteiger partial charge in [-0.25, -0.2) is 9.97 Å². The number of halogens is 1. The Morgan fingerprint density at radius 2 is 1.90 bits per heavy atom. The number of thioether (sulfide) groups is 1. The summed E-state index contributed by atoms with van der Waals surface area (Å²) >= 11 is 6.29. The van der Waals surface area contributed by atoms with Gasteiger partial charge in [-0.1, -0.05) is 57.5 Å². The number of rotatable bonds is 6. The Bertz CT molecular complexity index is 1110. The molecule has 2 aromatic carbocycles. The third-order valence-electron chi connectivity index (χ3n) is 4.17. The molecule has 0 spiro atoms. The van der Waals surface area contributed by atoms with Crippen molar-refractivity contribution in [3.63, 3.8) is 0 Å². The Kier molecular flexibility index (Phi) is 6.13. The third-order valence-corrected chi connectivity index (χ3v) is 6.34. The van der Waals surface area contributed by atoms with Gasteiger partial charge in [-0.15, -0.1) is 11.3 Å². The Balaban J connectivity index is 1.63. The van der Waals surface area contributed by atoms with Gasteiger partial charge in [0.2, 0.25) is 5.91 Å². The Morgan fingerprint density at radius 3 is 2.59 bits per heavy atom. The smallest absolute Gasteiger partial charge is 0.236 e. The Hall–Kier alpha value is -2.42. The van der Waals surface area contributed by atoms with Crippen LogP contribution in [0.2, 0.25) is 0 Å². The van der Waals surface area contributed by atoms with Crippen molar-refractivity contribution in [2.45, 2.75) is 12.1 Å². The normalized spacial score (nSPS) is 10.8. The van der Waals surface area contributed by atoms with Crippen LogP contribution in [0.4, 0.5) is 5.13 Å².